The third-order valence-corrected chi connectivity index (χ3v) is 5.97. The fourth-order valence-electron chi connectivity index (χ4n) is 4.24. The molecule has 1 amide bonds. The van der Waals surface area contributed by atoms with Gasteiger partial charge in [-0.15, -0.1) is 0 Å². The molecule has 0 saturated carbocycles. The topological polar surface area (TPSA) is 76.1 Å². The Labute approximate surface area is 205 Å². The Kier molecular flexibility index (Phi) is 6.49. The first-order chi connectivity index (χ1) is 17.1. The zero-order valence-electron chi connectivity index (χ0n) is 19.6. The summed E-state index contributed by atoms with van der Waals surface area (Å²) in [6, 6.07) is 14.1. The molecule has 1 aliphatic heterocycles. The molecule has 0 bridgehead atoms. The monoisotopic (exact) mass is 497 g/mol. The van der Waals surface area contributed by atoms with Crippen LogP contribution >= 0.6 is 0 Å². The van der Waals surface area contributed by atoms with Crippen LogP contribution in [0.2, 0.25) is 0 Å². The van der Waals surface area contributed by atoms with Gasteiger partial charge in [-0.1, -0.05) is 18.2 Å². The average molecular weight is 497 g/mol. The van der Waals surface area contributed by atoms with E-state index in [9.17, 15) is 27.9 Å². The summed E-state index contributed by atoms with van der Waals surface area (Å²) in [6.07, 6.45) is -4.66. The maximum Gasteiger partial charge on any atom is 0.416 e. The van der Waals surface area contributed by atoms with Crippen molar-refractivity contribution in [2.45, 2.75) is 19.1 Å². The van der Waals surface area contributed by atoms with E-state index in [2.05, 4.69) is 0 Å². The summed E-state index contributed by atoms with van der Waals surface area (Å²) < 4.78 is 50.8. The van der Waals surface area contributed by atoms with Crippen LogP contribution in [0, 0.1) is 6.92 Å². The number of halogens is 3. The number of alkyl halides is 3. The van der Waals surface area contributed by atoms with Crippen molar-refractivity contribution in [1.82, 2.24) is 0 Å². The Morgan fingerprint density at radius 3 is 2.31 bits per heavy atom. The molecule has 0 spiro atoms. The summed E-state index contributed by atoms with van der Waals surface area (Å²) in [5.41, 5.74) is -0.0652. The minimum atomic E-state index is -4.66. The van der Waals surface area contributed by atoms with Crippen molar-refractivity contribution in [1.29, 1.82) is 0 Å². The lowest BCUT2D eigenvalue weighted by atomic mass is 9.94. The van der Waals surface area contributed by atoms with E-state index in [1.54, 1.807) is 43.3 Å². The maximum atomic E-state index is 13.4. The SMILES string of the molecule is COc1cccc(C2/C(=C(\O)c3ccc(OC)c(C)c3)C(=O)C(=O)N2c2cccc(C(F)(F)F)c2)c1. The van der Waals surface area contributed by atoms with E-state index in [0.29, 0.717) is 22.6 Å². The van der Waals surface area contributed by atoms with Crippen molar-refractivity contribution in [2.24, 2.45) is 0 Å². The van der Waals surface area contributed by atoms with Gasteiger partial charge in [0.15, 0.2) is 0 Å². The first-order valence-corrected chi connectivity index (χ1v) is 10.8. The molecule has 0 aliphatic carbocycles. The summed E-state index contributed by atoms with van der Waals surface area (Å²) >= 11 is 0. The molecule has 1 fully saturated rings. The quantitative estimate of drug-likeness (QED) is 0.280. The van der Waals surface area contributed by atoms with Crippen molar-refractivity contribution >= 4 is 23.1 Å². The maximum absolute atomic E-state index is 13.4. The van der Waals surface area contributed by atoms with Crippen LogP contribution in [-0.4, -0.2) is 31.0 Å². The predicted molar refractivity (Wildman–Crippen MR) is 127 cm³/mol. The number of ketones is 1. The van der Waals surface area contributed by atoms with Gasteiger partial charge in [-0.2, -0.15) is 13.2 Å². The van der Waals surface area contributed by atoms with E-state index >= 15 is 0 Å². The van der Waals surface area contributed by atoms with E-state index in [1.165, 1.54) is 26.4 Å². The summed E-state index contributed by atoms with van der Waals surface area (Å²) in [6.45, 7) is 1.75. The van der Waals surface area contributed by atoms with E-state index in [0.717, 1.165) is 23.1 Å². The Balaban J connectivity index is 1.96. The minimum Gasteiger partial charge on any atom is -0.507 e. The number of nitrogens with zero attached hydrogens (tertiary/aromatic N) is 1. The van der Waals surface area contributed by atoms with Gasteiger partial charge in [0.1, 0.15) is 17.3 Å². The minimum absolute atomic E-state index is 0.135. The van der Waals surface area contributed by atoms with Gasteiger partial charge in [0.25, 0.3) is 11.7 Å². The second-order valence-electron chi connectivity index (χ2n) is 8.18. The lowest BCUT2D eigenvalue weighted by molar-refractivity contribution is -0.137. The largest absolute Gasteiger partial charge is 0.507 e. The van der Waals surface area contributed by atoms with Gasteiger partial charge in [0.2, 0.25) is 0 Å². The standard InChI is InChI=1S/C27H22F3NO5/c1-15-12-17(10-11-21(15)36-3)24(32)22-23(16-6-4-9-20(13-16)35-2)31(26(34)25(22)33)19-8-5-7-18(14-19)27(28,29)30/h4-14,23,32H,1-3H3/b24-22+. The molecule has 3 aromatic carbocycles. The van der Waals surface area contributed by atoms with Crippen LogP contribution in [-0.2, 0) is 15.8 Å². The molecule has 4 rings (SSSR count). The molecule has 1 unspecified atom stereocenters. The van der Waals surface area contributed by atoms with Crippen LogP contribution in [0.3, 0.4) is 0 Å². The third-order valence-electron chi connectivity index (χ3n) is 5.97. The van der Waals surface area contributed by atoms with Gasteiger partial charge in [0.05, 0.1) is 31.4 Å². The smallest absolute Gasteiger partial charge is 0.416 e. The molecule has 1 aliphatic rings. The lowest BCUT2D eigenvalue weighted by Crippen LogP contribution is -2.29. The Morgan fingerprint density at radius 1 is 0.944 bits per heavy atom. The number of rotatable bonds is 5. The fourth-order valence-corrected chi connectivity index (χ4v) is 4.24. The van der Waals surface area contributed by atoms with Gasteiger partial charge in [-0.25, -0.2) is 0 Å². The van der Waals surface area contributed by atoms with Gasteiger partial charge < -0.3 is 14.6 Å². The summed E-state index contributed by atoms with van der Waals surface area (Å²) in [4.78, 5) is 27.4. The molecule has 1 N–H and O–H groups in total. The molecule has 186 valence electrons. The molecule has 6 nitrogen and oxygen atoms in total. The van der Waals surface area contributed by atoms with Gasteiger partial charge in [0, 0.05) is 11.3 Å². The summed E-state index contributed by atoms with van der Waals surface area (Å²) in [5, 5.41) is 11.2. The Bertz CT molecular complexity index is 1380. The fraction of sp³-hybridized carbons (Fsp3) is 0.185. The number of hydrogen-bond acceptors (Lipinski definition) is 5. The Hall–Kier alpha value is -4.27. The highest BCUT2D eigenvalue weighted by atomic mass is 19.4. The van der Waals surface area contributed by atoms with Crippen LogP contribution in [0.25, 0.3) is 5.76 Å². The Morgan fingerprint density at radius 2 is 1.67 bits per heavy atom. The average Bonchev–Trinajstić information content (AvgIpc) is 3.13. The number of carbonyl (C=O) groups is 2. The number of amides is 1. The van der Waals surface area contributed by atoms with Crippen LogP contribution in [0.5, 0.6) is 11.5 Å². The number of hydrogen-bond donors (Lipinski definition) is 1. The molecule has 9 heteroatoms. The van der Waals surface area contributed by atoms with Gasteiger partial charge in [-0.05, 0) is 66.6 Å². The number of methoxy groups -OCH3 is 2. The highest BCUT2D eigenvalue weighted by Crippen LogP contribution is 2.44. The number of anilines is 1. The lowest BCUT2D eigenvalue weighted by Gasteiger charge is -2.26. The molecule has 1 saturated heterocycles. The van der Waals surface area contributed by atoms with Crippen molar-refractivity contribution in [3.05, 3.63) is 94.6 Å². The first kappa shape index (κ1) is 24.8. The molecule has 3 aromatic rings. The molecular formula is C27H22F3NO5. The van der Waals surface area contributed by atoms with Crippen molar-refractivity contribution in [3.8, 4) is 11.5 Å². The van der Waals surface area contributed by atoms with E-state index in [1.807, 2.05) is 0 Å². The zero-order valence-corrected chi connectivity index (χ0v) is 19.6. The number of ether oxygens (including phenoxy) is 2. The first-order valence-electron chi connectivity index (χ1n) is 10.8. The molecule has 0 radical (unpaired) electrons. The van der Waals surface area contributed by atoms with Crippen molar-refractivity contribution in [2.75, 3.05) is 19.1 Å². The molecule has 1 atom stereocenters. The second kappa shape index (κ2) is 9.41. The van der Waals surface area contributed by atoms with Crippen LogP contribution < -0.4 is 14.4 Å². The number of aliphatic hydroxyl groups is 1. The second-order valence-corrected chi connectivity index (χ2v) is 8.18. The zero-order chi connectivity index (χ0) is 26.2. The molecule has 1 heterocycles. The van der Waals surface area contributed by atoms with Crippen molar-refractivity contribution in [3.63, 3.8) is 0 Å². The number of aryl methyl sites for hydroxylation is 1. The number of Topliss-reactive ketones (excluding diaryl/α,β-unsaturated/α-hetero) is 1. The van der Waals surface area contributed by atoms with Crippen LogP contribution in [0.15, 0.2) is 72.3 Å². The number of carbonyl (C=O) groups excluding carboxylic acids is 2. The van der Waals surface area contributed by atoms with Crippen LogP contribution in [0.1, 0.15) is 28.3 Å². The van der Waals surface area contributed by atoms with E-state index in [-0.39, 0.29) is 16.8 Å². The highest BCUT2D eigenvalue weighted by Gasteiger charge is 2.47. The normalized spacial score (nSPS) is 17.4. The van der Waals surface area contributed by atoms with Crippen LogP contribution in [0.4, 0.5) is 18.9 Å². The van der Waals surface area contributed by atoms with Crippen molar-refractivity contribution < 1.29 is 37.3 Å². The molecule has 0 aromatic heterocycles. The van der Waals surface area contributed by atoms with E-state index < -0.39 is 35.2 Å². The van der Waals surface area contributed by atoms with Gasteiger partial charge in [-0.3, -0.25) is 14.5 Å². The third kappa shape index (κ3) is 4.39. The number of benzene rings is 3. The van der Waals surface area contributed by atoms with Gasteiger partial charge >= 0.3 is 6.18 Å². The molecule has 36 heavy (non-hydrogen) atoms. The summed E-state index contributed by atoms with van der Waals surface area (Å²) in [7, 11) is 2.92. The highest BCUT2D eigenvalue weighted by molar-refractivity contribution is 6.51. The summed E-state index contributed by atoms with van der Waals surface area (Å²) in [5.74, 6) is -1.58. The molecular weight excluding hydrogens is 475 g/mol. The van der Waals surface area contributed by atoms with E-state index in [4.69, 9.17) is 9.47 Å². The predicted octanol–water partition coefficient (Wildman–Crippen LogP) is 5.66. The number of aliphatic hydroxyl groups excluding tert-OH is 1.